The lowest BCUT2D eigenvalue weighted by Gasteiger charge is -2.13. The van der Waals surface area contributed by atoms with Gasteiger partial charge in [-0.2, -0.15) is 0 Å². The molecule has 2 N–H and O–H groups in total. The predicted molar refractivity (Wildman–Crippen MR) is 63.5 cm³/mol. The first-order chi connectivity index (χ1) is 6.00. The van der Waals surface area contributed by atoms with Crippen LogP contribution in [0.4, 0.5) is 0 Å². The SMILES string of the molecule is CC(C)C(N)Cc1cc(Br)c(Cl)s1. The van der Waals surface area contributed by atoms with E-state index < -0.39 is 0 Å². The Hall–Kier alpha value is 0.430. The van der Waals surface area contributed by atoms with Gasteiger partial charge in [-0.15, -0.1) is 11.3 Å². The van der Waals surface area contributed by atoms with Gasteiger partial charge in [0, 0.05) is 15.4 Å². The Morgan fingerprint density at radius 2 is 2.23 bits per heavy atom. The molecule has 1 aromatic heterocycles. The van der Waals surface area contributed by atoms with E-state index in [1.165, 1.54) is 4.88 Å². The van der Waals surface area contributed by atoms with Crippen LogP contribution in [0.3, 0.4) is 0 Å². The van der Waals surface area contributed by atoms with E-state index in [2.05, 4.69) is 35.8 Å². The Bertz CT molecular complexity index is 266. The Morgan fingerprint density at radius 1 is 1.62 bits per heavy atom. The summed E-state index contributed by atoms with van der Waals surface area (Å²) in [6.45, 7) is 4.27. The van der Waals surface area contributed by atoms with Gasteiger partial charge in [0.2, 0.25) is 0 Å². The van der Waals surface area contributed by atoms with E-state index in [1.54, 1.807) is 11.3 Å². The van der Waals surface area contributed by atoms with Crippen molar-refractivity contribution in [3.63, 3.8) is 0 Å². The fraction of sp³-hybridized carbons (Fsp3) is 0.556. The van der Waals surface area contributed by atoms with Crippen molar-refractivity contribution in [2.45, 2.75) is 26.3 Å². The van der Waals surface area contributed by atoms with Gasteiger partial charge < -0.3 is 5.73 Å². The second kappa shape index (κ2) is 4.78. The summed E-state index contributed by atoms with van der Waals surface area (Å²) in [6.07, 6.45) is 0.910. The van der Waals surface area contributed by atoms with Gasteiger partial charge in [-0.1, -0.05) is 25.4 Å². The molecule has 1 nitrogen and oxygen atoms in total. The van der Waals surface area contributed by atoms with Gasteiger partial charge in [-0.05, 0) is 34.3 Å². The molecule has 0 spiro atoms. The van der Waals surface area contributed by atoms with Gasteiger partial charge in [-0.3, -0.25) is 0 Å². The maximum Gasteiger partial charge on any atom is 0.107 e. The van der Waals surface area contributed by atoms with E-state index in [1.807, 2.05) is 0 Å². The summed E-state index contributed by atoms with van der Waals surface area (Å²) < 4.78 is 1.79. The minimum Gasteiger partial charge on any atom is -0.327 e. The summed E-state index contributed by atoms with van der Waals surface area (Å²) in [6, 6.07) is 2.27. The van der Waals surface area contributed by atoms with Crippen molar-refractivity contribution in [3.05, 3.63) is 19.8 Å². The molecule has 0 saturated heterocycles. The molecular formula is C9H13BrClNS. The number of halogens is 2. The highest BCUT2D eigenvalue weighted by atomic mass is 79.9. The Labute approximate surface area is 96.4 Å². The summed E-state index contributed by atoms with van der Waals surface area (Å²) in [5, 5.41) is 0. The van der Waals surface area contributed by atoms with Crippen molar-refractivity contribution in [1.29, 1.82) is 0 Å². The van der Waals surface area contributed by atoms with Crippen LogP contribution >= 0.6 is 38.9 Å². The molecule has 4 heteroatoms. The lowest BCUT2D eigenvalue weighted by molar-refractivity contribution is 0.493. The predicted octanol–water partition coefficient (Wildman–Crippen LogP) is 3.69. The summed E-state index contributed by atoms with van der Waals surface area (Å²) in [5.74, 6) is 0.514. The van der Waals surface area contributed by atoms with E-state index >= 15 is 0 Å². The zero-order chi connectivity index (χ0) is 10.0. The fourth-order valence-corrected chi connectivity index (χ4v) is 2.82. The van der Waals surface area contributed by atoms with Gasteiger partial charge in [0.25, 0.3) is 0 Å². The second-order valence-electron chi connectivity index (χ2n) is 3.45. The molecule has 0 fully saturated rings. The lowest BCUT2D eigenvalue weighted by atomic mass is 10.0. The van der Waals surface area contributed by atoms with Gasteiger partial charge in [0.15, 0.2) is 0 Å². The quantitative estimate of drug-likeness (QED) is 0.899. The molecule has 0 saturated carbocycles. The highest BCUT2D eigenvalue weighted by Crippen LogP contribution is 2.32. The van der Waals surface area contributed by atoms with Crippen molar-refractivity contribution >= 4 is 38.9 Å². The first-order valence-corrected chi connectivity index (χ1v) is 6.18. The number of thiophene rings is 1. The van der Waals surface area contributed by atoms with Crippen LogP contribution < -0.4 is 5.73 Å². The zero-order valence-electron chi connectivity index (χ0n) is 7.68. The Kier molecular flexibility index (Phi) is 4.23. The molecule has 1 atom stereocenters. The molecule has 1 aromatic rings. The average Bonchev–Trinajstić information content (AvgIpc) is 2.31. The molecule has 0 aliphatic carbocycles. The van der Waals surface area contributed by atoms with Gasteiger partial charge in [-0.25, -0.2) is 0 Å². The van der Waals surface area contributed by atoms with Crippen LogP contribution in [0.15, 0.2) is 10.5 Å². The molecule has 1 rings (SSSR count). The van der Waals surface area contributed by atoms with E-state index in [-0.39, 0.29) is 6.04 Å². The van der Waals surface area contributed by atoms with Gasteiger partial charge in [0.05, 0.1) is 0 Å². The molecule has 1 heterocycles. The number of nitrogens with two attached hydrogens (primary N) is 1. The van der Waals surface area contributed by atoms with E-state index in [0.717, 1.165) is 15.2 Å². The van der Waals surface area contributed by atoms with Crippen molar-refractivity contribution < 1.29 is 0 Å². The van der Waals surface area contributed by atoms with E-state index in [0.29, 0.717) is 5.92 Å². The van der Waals surface area contributed by atoms with Crippen LogP contribution in [0, 0.1) is 5.92 Å². The third kappa shape index (κ3) is 3.24. The topological polar surface area (TPSA) is 26.0 Å². The highest BCUT2D eigenvalue weighted by molar-refractivity contribution is 9.10. The van der Waals surface area contributed by atoms with E-state index in [9.17, 15) is 0 Å². The average molecular weight is 283 g/mol. The van der Waals surface area contributed by atoms with Crippen molar-refractivity contribution in [2.24, 2.45) is 11.7 Å². The van der Waals surface area contributed by atoms with Gasteiger partial charge in [0.1, 0.15) is 4.34 Å². The van der Waals surface area contributed by atoms with Crippen LogP contribution in [0.1, 0.15) is 18.7 Å². The van der Waals surface area contributed by atoms with Crippen molar-refractivity contribution in [3.8, 4) is 0 Å². The summed E-state index contributed by atoms with van der Waals surface area (Å²) in [7, 11) is 0. The van der Waals surface area contributed by atoms with E-state index in [4.69, 9.17) is 17.3 Å². The monoisotopic (exact) mass is 281 g/mol. The van der Waals surface area contributed by atoms with Crippen molar-refractivity contribution in [1.82, 2.24) is 0 Å². The molecular weight excluding hydrogens is 270 g/mol. The maximum absolute atomic E-state index is 5.96. The molecule has 0 amide bonds. The van der Waals surface area contributed by atoms with Crippen LogP contribution in [-0.4, -0.2) is 6.04 Å². The molecule has 13 heavy (non-hydrogen) atoms. The largest absolute Gasteiger partial charge is 0.327 e. The summed E-state index contributed by atoms with van der Waals surface area (Å²) >= 11 is 10.9. The number of hydrogen-bond donors (Lipinski definition) is 1. The lowest BCUT2D eigenvalue weighted by Crippen LogP contribution is -2.28. The van der Waals surface area contributed by atoms with Gasteiger partial charge >= 0.3 is 0 Å². The fourth-order valence-electron chi connectivity index (χ4n) is 0.960. The normalized spacial score (nSPS) is 13.7. The third-order valence-corrected chi connectivity index (χ3v) is 4.49. The zero-order valence-corrected chi connectivity index (χ0v) is 10.8. The van der Waals surface area contributed by atoms with Crippen LogP contribution in [0.25, 0.3) is 0 Å². The third-order valence-electron chi connectivity index (χ3n) is 1.99. The number of hydrogen-bond acceptors (Lipinski definition) is 2. The maximum atomic E-state index is 5.96. The first kappa shape index (κ1) is 11.5. The molecule has 1 unspecified atom stereocenters. The Morgan fingerprint density at radius 3 is 2.62 bits per heavy atom. The minimum atomic E-state index is 0.224. The molecule has 0 bridgehead atoms. The molecule has 0 aliphatic heterocycles. The van der Waals surface area contributed by atoms with Crippen LogP contribution in [0.5, 0.6) is 0 Å². The second-order valence-corrected chi connectivity index (χ2v) is 6.04. The number of rotatable bonds is 3. The summed E-state index contributed by atoms with van der Waals surface area (Å²) in [4.78, 5) is 1.25. The molecule has 74 valence electrons. The minimum absolute atomic E-state index is 0.224. The Balaban J connectivity index is 2.64. The summed E-state index contributed by atoms with van der Waals surface area (Å²) in [5.41, 5.74) is 5.96. The first-order valence-electron chi connectivity index (χ1n) is 4.20. The molecule has 0 aliphatic rings. The highest BCUT2D eigenvalue weighted by Gasteiger charge is 2.11. The molecule has 0 radical (unpaired) electrons. The smallest absolute Gasteiger partial charge is 0.107 e. The van der Waals surface area contributed by atoms with Crippen LogP contribution in [-0.2, 0) is 6.42 Å². The molecule has 0 aromatic carbocycles. The standard InChI is InChI=1S/C9H13BrClNS/c1-5(2)8(12)4-6-3-7(10)9(11)13-6/h3,5,8H,4,12H2,1-2H3. The van der Waals surface area contributed by atoms with Crippen LogP contribution in [0.2, 0.25) is 4.34 Å². The van der Waals surface area contributed by atoms with Crippen molar-refractivity contribution in [2.75, 3.05) is 0 Å².